The molecule has 1 N–H and O–H groups in total. The Morgan fingerprint density at radius 3 is 2.72 bits per heavy atom. The van der Waals surface area contributed by atoms with Crippen LogP contribution in [0.1, 0.15) is 17.4 Å². The molecule has 2 rings (SSSR count). The molecule has 1 heterocycles. The highest BCUT2D eigenvalue weighted by atomic mass is 79.9. The molecule has 1 unspecified atom stereocenters. The smallest absolute Gasteiger partial charge is 0.124 e. The molecule has 0 aliphatic rings. The lowest BCUT2D eigenvalue weighted by molar-refractivity contribution is 0.173. The van der Waals surface area contributed by atoms with Crippen molar-refractivity contribution in [2.75, 3.05) is 0 Å². The van der Waals surface area contributed by atoms with Crippen molar-refractivity contribution >= 4 is 27.5 Å². The van der Waals surface area contributed by atoms with Crippen LogP contribution < -0.4 is 0 Å². The van der Waals surface area contributed by atoms with Crippen molar-refractivity contribution in [1.29, 1.82) is 0 Å². The molecule has 0 aliphatic carbocycles. The van der Waals surface area contributed by atoms with E-state index in [1.165, 1.54) is 12.1 Å². The van der Waals surface area contributed by atoms with Gasteiger partial charge in [-0.15, -0.1) is 0 Å². The van der Waals surface area contributed by atoms with E-state index in [9.17, 15) is 9.50 Å². The number of benzene rings is 1. The van der Waals surface area contributed by atoms with E-state index in [2.05, 4.69) is 20.9 Å². The summed E-state index contributed by atoms with van der Waals surface area (Å²) in [4.78, 5) is 4.11. The van der Waals surface area contributed by atoms with Gasteiger partial charge in [0.15, 0.2) is 0 Å². The van der Waals surface area contributed by atoms with Crippen LogP contribution in [0.4, 0.5) is 4.39 Å². The highest BCUT2D eigenvalue weighted by Crippen LogP contribution is 2.24. The van der Waals surface area contributed by atoms with Crippen molar-refractivity contribution < 1.29 is 9.50 Å². The quantitative estimate of drug-likeness (QED) is 0.925. The predicted octanol–water partition coefficient (Wildman–Crippen LogP) is 3.91. The summed E-state index contributed by atoms with van der Waals surface area (Å²) in [6, 6.07) is 7.66. The Balaban J connectivity index is 2.15. The molecule has 0 aliphatic heterocycles. The van der Waals surface area contributed by atoms with Crippen molar-refractivity contribution in [3.8, 4) is 0 Å². The molecule has 0 radical (unpaired) electrons. The monoisotopic (exact) mass is 329 g/mol. The van der Waals surface area contributed by atoms with E-state index in [1.807, 2.05) is 0 Å². The molecule has 2 nitrogen and oxygen atoms in total. The van der Waals surface area contributed by atoms with Crippen LogP contribution in [0.25, 0.3) is 0 Å². The van der Waals surface area contributed by atoms with Crippen molar-refractivity contribution in [2.24, 2.45) is 0 Å². The van der Waals surface area contributed by atoms with Crippen molar-refractivity contribution in [3.63, 3.8) is 0 Å². The maximum atomic E-state index is 12.9. The first kappa shape index (κ1) is 13.5. The second-order valence-corrected chi connectivity index (χ2v) is 5.18. The Morgan fingerprint density at radius 1 is 1.33 bits per heavy atom. The topological polar surface area (TPSA) is 33.1 Å². The van der Waals surface area contributed by atoms with Gasteiger partial charge < -0.3 is 5.11 Å². The standard InChI is InChI=1S/C13H10BrClFNO/c14-9-2-4-12(17-7-9)13(18)5-8-1-3-10(16)6-11(8)15/h1-4,6-7,13,18H,5H2. The Morgan fingerprint density at radius 2 is 2.11 bits per heavy atom. The van der Waals surface area contributed by atoms with Gasteiger partial charge in [0.1, 0.15) is 5.82 Å². The first-order chi connectivity index (χ1) is 8.56. The number of halogens is 3. The molecule has 0 fully saturated rings. The number of aromatic nitrogens is 1. The molecular weight excluding hydrogens is 321 g/mol. The number of nitrogens with zero attached hydrogens (tertiary/aromatic N) is 1. The van der Waals surface area contributed by atoms with Gasteiger partial charge in [0.25, 0.3) is 0 Å². The van der Waals surface area contributed by atoms with Gasteiger partial charge in [-0.3, -0.25) is 4.98 Å². The first-order valence-corrected chi connectivity index (χ1v) is 6.47. The summed E-state index contributed by atoms with van der Waals surface area (Å²) in [6.45, 7) is 0. The molecule has 5 heteroatoms. The third kappa shape index (κ3) is 3.28. The van der Waals surface area contributed by atoms with Crippen molar-refractivity contribution in [2.45, 2.75) is 12.5 Å². The molecule has 0 saturated carbocycles. The van der Waals surface area contributed by atoms with E-state index in [0.29, 0.717) is 22.7 Å². The summed E-state index contributed by atoms with van der Waals surface area (Å²) < 4.78 is 13.7. The largest absolute Gasteiger partial charge is 0.386 e. The van der Waals surface area contributed by atoms with Crippen LogP contribution in [0.2, 0.25) is 5.02 Å². The number of rotatable bonds is 3. The number of hydrogen-bond acceptors (Lipinski definition) is 2. The number of pyridine rings is 1. The van der Waals surface area contributed by atoms with Crippen LogP contribution in [0.5, 0.6) is 0 Å². The van der Waals surface area contributed by atoms with Gasteiger partial charge in [-0.25, -0.2) is 4.39 Å². The Bertz CT molecular complexity index is 547. The van der Waals surface area contributed by atoms with Crippen LogP contribution >= 0.6 is 27.5 Å². The summed E-state index contributed by atoms with van der Waals surface area (Å²) in [5.41, 5.74) is 1.24. The zero-order valence-corrected chi connectivity index (χ0v) is 11.6. The molecule has 1 aromatic carbocycles. The maximum absolute atomic E-state index is 12.9. The lowest BCUT2D eigenvalue weighted by Crippen LogP contribution is -2.04. The molecule has 1 atom stereocenters. The number of aliphatic hydroxyl groups is 1. The van der Waals surface area contributed by atoms with Crippen LogP contribution in [0, 0.1) is 5.82 Å². The Labute approximate surface area is 118 Å². The van der Waals surface area contributed by atoms with E-state index in [4.69, 9.17) is 11.6 Å². The zero-order chi connectivity index (χ0) is 13.1. The summed E-state index contributed by atoms with van der Waals surface area (Å²) in [5.74, 6) is -0.389. The third-order valence-electron chi connectivity index (χ3n) is 2.52. The molecule has 0 saturated heterocycles. The summed E-state index contributed by atoms with van der Waals surface area (Å²) in [5, 5.41) is 10.3. The van der Waals surface area contributed by atoms with Crippen LogP contribution in [-0.2, 0) is 6.42 Å². The molecule has 18 heavy (non-hydrogen) atoms. The predicted molar refractivity (Wildman–Crippen MR) is 72.0 cm³/mol. The van der Waals surface area contributed by atoms with Crippen LogP contribution in [0.15, 0.2) is 41.0 Å². The maximum Gasteiger partial charge on any atom is 0.124 e. The van der Waals surface area contributed by atoms with E-state index < -0.39 is 6.10 Å². The second-order valence-electron chi connectivity index (χ2n) is 3.86. The van der Waals surface area contributed by atoms with E-state index in [1.54, 1.807) is 24.4 Å². The average Bonchev–Trinajstić information content (AvgIpc) is 2.33. The highest BCUT2D eigenvalue weighted by Gasteiger charge is 2.12. The van der Waals surface area contributed by atoms with Crippen molar-refractivity contribution in [3.05, 3.63) is 63.1 Å². The normalized spacial score (nSPS) is 12.4. The summed E-state index contributed by atoms with van der Waals surface area (Å²) >= 11 is 9.18. The molecule has 0 amide bonds. The first-order valence-electron chi connectivity index (χ1n) is 5.29. The zero-order valence-electron chi connectivity index (χ0n) is 9.28. The van der Waals surface area contributed by atoms with Crippen LogP contribution in [-0.4, -0.2) is 10.1 Å². The Hall–Kier alpha value is -0.970. The van der Waals surface area contributed by atoms with Gasteiger partial charge >= 0.3 is 0 Å². The Kier molecular flexibility index (Phi) is 4.32. The van der Waals surface area contributed by atoms with Gasteiger partial charge in [-0.1, -0.05) is 17.7 Å². The number of aliphatic hydroxyl groups excluding tert-OH is 1. The summed E-state index contributed by atoms with van der Waals surface area (Å²) in [6.07, 6.45) is 1.15. The lowest BCUT2D eigenvalue weighted by Gasteiger charge is -2.11. The molecule has 94 valence electrons. The van der Waals surface area contributed by atoms with Gasteiger partial charge in [0.2, 0.25) is 0 Å². The highest BCUT2D eigenvalue weighted by molar-refractivity contribution is 9.10. The fourth-order valence-corrected chi connectivity index (χ4v) is 2.06. The minimum Gasteiger partial charge on any atom is -0.386 e. The minimum atomic E-state index is -0.763. The lowest BCUT2D eigenvalue weighted by atomic mass is 10.1. The van der Waals surface area contributed by atoms with Gasteiger partial charge in [0, 0.05) is 22.1 Å². The van der Waals surface area contributed by atoms with Crippen LogP contribution in [0.3, 0.4) is 0 Å². The number of hydrogen-bond donors (Lipinski definition) is 1. The molecule has 0 bridgehead atoms. The molecule has 1 aromatic heterocycles. The molecular formula is C13H10BrClFNO. The van der Waals surface area contributed by atoms with E-state index in [0.717, 1.165) is 4.47 Å². The van der Waals surface area contributed by atoms with E-state index >= 15 is 0 Å². The third-order valence-corrected chi connectivity index (χ3v) is 3.34. The summed E-state index contributed by atoms with van der Waals surface area (Å²) in [7, 11) is 0. The minimum absolute atomic E-state index is 0.299. The molecule has 2 aromatic rings. The van der Waals surface area contributed by atoms with Gasteiger partial charge in [-0.05, 0) is 45.8 Å². The fraction of sp³-hybridized carbons (Fsp3) is 0.154. The van der Waals surface area contributed by atoms with Gasteiger partial charge in [0.05, 0.1) is 11.8 Å². The van der Waals surface area contributed by atoms with E-state index in [-0.39, 0.29) is 5.82 Å². The SMILES string of the molecule is OC(Cc1ccc(F)cc1Cl)c1ccc(Br)cn1. The molecule has 0 spiro atoms. The average molecular weight is 331 g/mol. The second kappa shape index (κ2) is 5.78. The van der Waals surface area contributed by atoms with Gasteiger partial charge in [-0.2, -0.15) is 0 Å². The fourth-order valence-electron chi connectivity index (χ4n) is 1.58. The van der Waals surface area contributed by atoms with Crippen molar-refractivity contribution in [1.82, 2.24) is 4.98 Å².